The van der Waals surface area contributed by atoms with Gasteiger partial charge >= 0.3 is 0 Å². The van der Waals surface area contributed by atoms with Gasteiger partial charge in [-0.3, -0.25) is 14.6 Å². The van der Waals surface area contributed by atoms with Gasteiger partial charge in [0.05, 0.1) is 5.69 Å². The van der Waals surface area contributed by atoms with E-state index in [2.05, 4.69) is 15.6 Å². The maximum atomic E-state index is 13.6. The predicted octanol–water partition coefficient (Wildman–Crippen LogP) is 3.00. The molecule has 1 heterocycles. The fourth-order valence-electron chi connectivity index (χ4n) is 1.92. The molecule has 5 nitrogen and oxygen atoms in total. The van der Waals surface area contributed by atoms with E-state index in [9.17, 15) is 14.0 Å². The minimum Gasteiger partial charge on any atom is -0.351 e. The Hall–Kier alpha value is -2.76. The molecule has 0 spiro atoms. The van der Waals surface area contributed by atoms with E-state index in [0.29, 0.717) is 6.54 Å². The molecule has 0 aliphatic heterocycles. The lowest BCUT2D eigenvalue weighted by Gasteiger charge is -2.08. The van der Waals surface area contributed by atoms with Gasteiger partial charge in [0.15, 0.2) is 0 Å². The molecule has 0 saturated carbocycles. The van der Waals surface area contributed by atoms with E-state index >= 15 is 0 Å². The maximum Gasteiger partial charge on any atom is 0.269 e. The van der Waals surface area contributed by atoms with Gasteiger partial charge in [-0.05, 0) is 30.7 Å². The molecule has 0 unspecified atom stereocenters. The number of rotatable bonds is 6. The Morgan fingerprint density at radius 2 is 1.96 bits per heavy atom. The fourth-order valence-corrected chi connectivity index (χ4v) is 1.92. The largest absolute Gasteiger partial charge is 0.351 e. The number of benzene rings is 1. The van der Waals surface area contributed by atoms with Crippen molar-refractivity contribution >= 4 is 17.5 Å². The summed E-state index contributed by atoms with van der Waals surface area (Å²) < 4.78 is 13.6. The summed E-state index contributed by atoms with van der Waals surface area (Å²) in [5, 5.41) is 5.20. The molecule has 2 N–H and O–H groups in total. The summed E-state index contributed by atoms with van der Waals surface area (Å²) in [5.41, 5.74) is 0.481. The van der Waals surface area contributed by atoms with Crippen molar-refractivity contribution in [3.63, 3.8) is 0 Å². The van der Waals surface area contributed by atoms with E-state index in [1.165, 1.54) is 36.5 Å². The number of unbranched alkanes of at least 4 members (excludes halogenated alkanes) is 1. The average Bonchev–Trinajstić information content (AvgIpc) is 2.57. The Bertz CT molecular complexity index is 704. The highest BCUT2D eigenvalue weighted by molar-refractivity contribution is 6.05. The third-order valence-electron chi connectivity index (χ3n) is 3.19. The zero-order chi connectivity index (χ0) is 16.7. The minimum atomic E-state index is -0.521. The molecule has 1 aromatic heterocycles. The number of nitrogens with zero attached hydrogens (tertiary/aromatic N) is 1. The molecule has 6 heteroatoms. The lowest BCUT2D eigenvalue weighted by atomic mass is 10.2. The first-order chi connectivity index (χ1) is 11.1. The van der Waals surface area contributed by atoms with E-state index in [-0.39, 0.29) is 22.9 Å². The molecule has 0 aliphatic carbocycles. The zero-order valence-corrected chi connectivity index (χ0v) is 12.8. The monoisotopic (exact) mass is 315 g/mol. The molecule has 23 heavy (non-hydrogen) atoms. The summed E-state index contributed by atoms with van der Waals surface area (Å²) in [6.45, 7) is 2.58. The first-order valence-electron chi connectivity index (χ1n) is 7.42. The Morgan fingerprint density at radius 3 is 2.70 bits per heavy atom. The molecule has 0 radical (unpaired) electrons. The molecule has 0 aliphatic rings. The number of anilines is 1. The van der Waals surface area contributed by atoms with Gasteiger partial charge in [0.2, 0.25) is 0 Å². The van der Waals surface area contributed by atoms with Crippen molar-refractivity contribution in [2.75, 3.05) is 11.9 Å². The first-order valence-corrected chi connectivity index (χ1v) is 7.42. The Labute approximate surface area is 133 Å². The molecule has 0 atom stereocenters. The van der Waals surface area contributed by atoms with Crippen molar-refractivity contribution in [2.24, 2.45) is 0 Å². The van der Waals surface area contributed by atoms with Crippen molar-refractivity contribution in [1.82, 2.24) is 10.3 Å². The summed E-state index contributed by atoms with van der Waals surface area (Å²) in [4.78, 5) is 28.1. The van der Waals surface area contributed by atoms with Crippen LogP contribution >= 0.6 is 0 Å². The van der Waals surface area contributed by atoms with Gasteiger partial charge in [-0.1, -0.05) is 25.5 Å². The highest BCUT2D eigenvalue weighted by atomic mass is 19.1. The first kappa shape index (κ1) is 16.6. The van der Waals surface area contributed by atoms with Crippen LogP contribution in [0.5, 0.6) is 0 Å². The second kappa shape index (κ2) is 8.03. The zero-order valence-electron chi connectivity index (χ0n) is 12.8. The summed E-state index contributed by atoms with van der Waals surface area (Å²) in [5.74, 6) is -1.36. The van der Waals surface area contributed by atoms with Crippen molar-refractivity contribution in [3.8, 4) is 0 Å². The lowest BCUT2D eigenvalue weighted by Crippen LogP contribution is -2.25. The van der Waals surface area contributed by atoms with Gasteiger partial charge < -0.3 is 10.6 Å². The average molecular weight is 315 g/mol. The Morgan fingerprint density at radius 1 is 1.17 bits per heavy atom. The molecular weight excluding hydrogens is 297 g/mol. The van der Waals surface area contributed by atoms with Crippen LogP contribution < -0.4 is 10.6 Å². The van der Waals surface area contributed by atoms with Crippen LogP contribution in [0, 0.1) is 5.82 Å². The maximum absolute atomic E-state index is 13.6. The van der Waals surface area contributed by atoms with Crippen molar-refractivity contribution in [3.05, 3.63) is 59.7 Å². The van der Waals surface area contributed by atoms with Gasteiger partial charge in [-0.2, -0.15) is 0 Å². The Kier molecular flexibility index (Phi) is 5.80. The topological polar surface area (TPSA) is 71.1 Å². The number of carbonyl (C=O) groups excluding carboxylic acids is 2. The summed E-state index contributed by atoms with van der Waals surface area (Å²) in [6, 6.07) is 8.74. The lowest BCUT2D eigenvalue weighted by molar-refractivity contribution is 0.0948. The van der Waals surface area contributed by atoms with Crippen molar-refractivity contribution in [1.29, 1.82) is 0 Å². The van der Waals surface area contributed by atoms with Crippen LogP contribution in [0.25, 0.3) is 0 Å². The van der Waals surface area contributed by atoms with Gasteiger partial charge in [0.1, 0.15) is 11.5 Å². The van der Waals surface area contributed by atoms with E-state index < -0.39 is 11.7 Å². The highest BCUT2D eigenvalue weighted by Gasteiger charge is 2.13. The Balaban J connectivity index is 2.08. The number of nitrogens with one attached hydrogen (secondary N) is 2. The van der Waals surface area contributed by atoms with Crippen LogP contribution in [0.4, 0.5) is 10.1 Å². The number of amides is 2. The minimum absolute atomic E-state index is 0.0864. The fraction of sp³-hybridized carbons (Fsp3) is 0.235. The van der Waals surface area contributed by atoms with Crippen LogP contribution in [-0.2, 0) is 0 Å². The van der Waals surface area contributed by atoms with Crippen LogP contribution in [0.1, 0.15) is 40.6 Å². The third kappa shape index (κ3) is 4.60. The number of hydrogen-bond donors (Lipinski definition) is 2. The van der Waals surface area contributed by atoms with E-state index in [0.717, 1.165) is 12.8 Å². The van der Waals surface area contributed by atoms with Gasteiger partial charge in [0.25, 0.3) is 11.8 Å². The molecule has 120 valence electrons. The van der Waals surface area contributed by atoms with E-state index in [1.807, 2.05) is 6.92 Å². The molecule has 2 rings (SSSR count). The van der Waals surface area contributed by atoms with Crippen molar-refractivity contribution in [2.45, 2.75) is 19.8 Å². The predicted molar refractivity (Wildman–Crippen MR) is 85.8 cm³/mol. The highest BCUT2D eigenvalue weighted by Crippen LogP contribution is 2.14. The number of aromatic nitrogens is 1. The number of carbonyl (C=O) groups is 2. The van der Waals surface area contributed by atoms with E-state index in [1.54, 1.807) is 6.07 Å². The quantitative estimate of drug-likeness (QED) is 0.805. The summed E-state index contributed by atoms with van der Waals surface area (Å²) in [7, 11) is 0. The van der Waals surface area contributed by atoms with Gasteiger partial charge in [-0.25, -0.2) is 4.39 Å². The third-order valence-corrected chi connectivity index (χ3v) is 3.19. The standard InChI is InChI=1S/C17H18FN3O2/c1-2-3-9-20-17(23)15-11-12(8-10-19-15)16(22)21-14-7-5-4-6-13(14)18/h4-8,10-11H,2-3,9H2,1H3,(H,20,23)(H,21,22). The number of pyridine rings is 1. The second-order valence-electron chi connectivity index (χ2n) is 4.97. The van der Waals surface area contributed by atoms with Crippen LogP contribution in [0.2, 0.25) is 0 Å². The molecule has 0 bridgehead atoms. The van der Waals surface area contributed by atoms with Crippen LogP contribution in [-0.4, -0.2) is 23.3 Å². The molecule has 1 aromatic carbocycles. The van der Waals surface area contributed by atoms with Gasteiger partial charge in [0, 0.05) is 18.3 Å². The van der Waals surface area contributed by atoms with Crippen LogP contribution in [0.15, 0.2) is 42.6 Å². The molecule has 2 aromatic rings. The molecule has 0 fully saturated rings. The number of hydrogen-bond acceptors (Lipinski definition) is 3. The summed E-state index contributed by atoms with van der Waals surface area (Å²) >= 11 is 0. The molecule has 0 saturated heterocycles. The molecule has 2 amide bonds. The van der Waals surface area contributed by atoms with Crippen LogP contribution in [0.3, 0.4) is 0 Å². The smallest absolute Gasteiger partial charge is 0.269 e. The summed E-state index contributed by atoms with van der Waals surface area (Å²) in [6.07, 6.45) is 3.23. The van der Waals surface area contributed by atoms with Gasteiger partial charge in [-0.15, -0.1) is 0 Å². The number of para-hydroxylation sites is 1. The SMILES string of the molecule is CCCCNC(=O)c1cc(C(=O)Nc2ccccc2F)ccn1. The number of halogens is 1. The molecular formula is C17H18FN3O2. The second-order valence-corrected chi connectivity index (χ2v) is 4.97. The van der Waals surface area contributed by atoms with E-state index in [4.69, 9.17) is 0 Å². The van der Waals surface area contributed by atoms with Crippen molar-refractivity contribution < 1.29 is 14.0 Å². The normalized spacial score (nSPS) is 10.2.